The smallest absolute Gasteiger partial charge is 0.169 e. The topological polar surface area (TPSA) is 55.8 Å². The number of benzene rings is 1. The van der Waals surface area contributed by atoms with Crippen molar-refractivity contribution in [2.75, 3.05) is 6.61 Å². The van der Waals surface area contributed by atoms with E-state index in [2.05, 4.69) is 26.8 Å². The molecule has 3 fully saturated rings. The summed E-state index contributed by atoms with van der Waals surface area (Å²) in [5.41, 5.74) is 2.59. The van der Waals surface area contributed by atoms with E-state index in [1.165, 1.54) is 18.4 Å². The van der Waals surface area contributed by atoms with Crippen molar-refractivity contribution in [3.63, 3.8) is 0 Å². The van der Waals surface area contributed by atoms with Crippen LogP contribution in [0.3, 0.4) is 0 Å². The minimum absolute atomic E-state index is 0.130. The van der Waals surface area contributed by atoms with Gasteiger partial charge in [0.25, 0.3) is 0 Å². The van der Waals surface area contributed by atoms with Crippen LogP contribution in [-0.4, -0.2) is 23.3 Å². The average Bonchev–Trinajstić information content (AvgIpc) is 3.18. The van der Waals surface area contributed by atoms with Crippen molar-refractivity contribution in [2.24, 2.45) is 34.0 Å². The number of hydrogen-bond donors (Lipinski definition) is 1. The van der Waals surface area contributed by atoms with Crippen molar-refractivity contribution < 1.29 is 19.4 Å². The van der Waals surface area contributed by atoms with E-state index in [0.717, 1.165) is 43.4 Å². The minimum Gasteiger partial charge on any atom is -0.494 e. The number of ether oxygens (including phenoxy) is 2. The lowest BCUT2D eigenvalue weighted by Gasteiger charge is -2.60. The molecule has 198 valence electrons. The second-order valence-corrected chi connectivity index (χ2v) is 12.7. The van der Waals surface area contributed by atoms with E-state index in [-0.39, 0.29) is 16.2 Å². The lowest BCUT2D eigenvalue weighted by atomic mass is 9.45. The van der Waals surface area contributed by atoms with Crippen LogP contribution in [0.2, 0.25) is 0 Å². The van der Waals surface area contributed by atoms with Crippen molar-refractivity contribution in [3.05, 3.63) is 41.5 Å². The van der Waals surface area contributed by atoms with E-state index in [9.17, 15) is 9.90 Å². The van der Waals surface area contributed by atoms with Crippen LogP contribution in [0.5, 0.6) is 5.75 Å². The first-order valence-electron chi connectivity index (χ1n) is 14.4. The Balaban J connectivity index is 1.31. The third-order valence-corrected chi connectivity index (χ3v) is 11.5. The molecule has 4 heteroatoms. The van der Waals surface area contributed by atoms with Crippen LogP contribution < -0.4 is 4.74 Å². The van der Waals surface area contributed by atoms with E-state index in [0.29, 0.717) is 49.6 Å². The molecule has 0 amide bonds. The largest absolute Gasteiger partial charge is 0.494 e. The molecule has 0 radical (unpaired) electrons. The molecule has 3 saturated carbocycles. The summed E-state index contributed by atoms with van der Waals surface area (Å²) in [6, 6.07) is 7.97. The first kappa shape index (κ1) is 26.0. The van der Waals surface area contributed by atoms with E-state index in [1.807, 2.05) is 38.1 Å². The summed E-state index contributed by atoms with van der Waals surface area (Å²) in [6.45, 7) is 12.0. The normalized spacial score (nSPS) is 41.6. The molecule has 7 atom stereocenters. The van der Waals surface area contributed by atoms with E-state index >= 15 is 0 Å². The van der Waals surface area contributed by atoms with Crippen molar-refractivity contribution in [1.29, 1.82) is 0 Å². The van der Waals surface area contributed by atoms with Gasteiger partial charge in [0.2, 0.25) is 0 Å². The van der Waals surface area contributed by atoms with Crippen LogP contribution in [-0.2, 0) is 16.1 Å². The molecule has 1 N–H and O–H groups in total. The Kier molecular flexibility index (Phi) is 6.69. The maximum atomic E-state index is 12.9. The van der Waals surface area contributed by atoms with Gasteiger partial charge in [-0.3, -0.25) is 4.79 Å². The average molecular weight is 495 g/mol. The molecular formula is C32H46O4. The Labute approximate surface area is 217 Å². The summed E-state index contributed by atoms with van der Waals surface area (Å²) in [6.07, 6.45) is 11.4. The Morgan fingerprint density at radius 3 is 2.42 bits per heavy atom. The quantitative estimate of drug-likeness (QED) is 0.321. The van der Waals surface area contributed by atoms with Gasteiger partial charge in [-0.1, -0.05) is 44.6 Å². The first-order valence-corrected chi connectivity index (χ1v) is 14.4. The summed E-state index contributed by atoms with van der Waals surface area (Å²) in [5, 5.41) is 11.4. The van der Waals surface area contributed by atoms with Crippen LogP contribution in [0.25, 0.3) is 0 Å². The molecule has 0 spiro atoms. The third kappa shape index (κ3) is 3.89. The summed E-state index contributed by atoms with van der Waals surface area (Å²) in [5.74, 6) is 2.11. The molecule has 5 rings (SSSR count). The monoisotopic (exact) mass is 494 g/mol. The molecule has 0 aliphatic heterocycles. The van der Waals surface area contributed by atoms with Crippen LogP contribution in [0.1, 0.15) is 98.0 Å². The molecule has 4 nitrogen and oxygen atoms in total. The second-order valence-electron chi connectivity index (χ2n) is 12.7. The zero-order chi connectivity index (χ0) is 25.8. The van der Waals surface area contributed by atoms with Crippen molar-refractivity contribution in [1.82, 2.24) is 0 Å². The third-order valence-electron chi connectivity index (χ3n) is 11.5. The standard InChI is InChI=1S/C32H46O4/c1-6-31(22(3)33)17-15-28-26-13-10-24-20-32(34,36-21-23-8-11-25(12-9-23)35-7-2)19-18-29(24,4)27(26)14-16-30(28,31)5/h8-12,26-28,34H,6-7,13-21H2,1-5H3/t26-,27+,28+,29+,30+,31-,32-/m1/s1. The summed E-state index contributed by atoms with van der Waals surface area (Å²) >= 11 is 0. The van der Waals surface area contributed by atoms with Crippen LogP contribution in [0.4, 0.5) is 0 Å². The number of carbonyl (C=O) groups excluding carboxylic acids is 1. The molecule has 4 aliphatic rings. The molecule has 1 aromatic rings. The van der Waals surface area contributed by atoms with E-state index < -0.39 is 5.79 Å². The molecule has 0 saturated heterocycles. The number of allylic oxidation sites excluding steroid dienone is 1. The number of Topliss-reactive ketones (excluding diaryl/α,β-unsaturated/α-hetero) is 1. The number of ketones is 1. The second kappa shape index (κ2) is 9.27. The van der Waals surface area contributed by atoms with Crippen molar-refractivity contribution in [2.45, 2.75) is 105 Å². The first-order chi connectivity index (χ1) is 17.1. The molecule has 0 aromatic heterocycles. The Morgan fingerprint density at radius 1 is 1.03 bits per heavy atom. The van der Waals surface area contributed by atoms with Gasteiger partial charge in [0.1, 0.15) is 11.5 Å². The van der Waals surface area contributed by atoms with Crippen molar-refractivity contribution in [3.8, 4) is 5.75 Å². The molecule has 0 unspecified atom stereocenters. The summed E-state index contributed by atoms with van der Waals surface area (Å²) in [4.78, 5) is 12.9. The Bertz CT molecular complexity index is 1010. The fourth-order valence-electron chi connectivity index (χ4n) is 9.35. The number of fused-ring (bicyclic) bond motifs is 5. The lowest BCUT2D eigenvalue weighted by Crippen LogP contribution is -2.55. The molecule has 36 heavy (non-hydrogen) atoms. The molecule has 4 aliphatic carbocycles. The van der Waals surface area contributed by atoms with E-state index in [1.54, 1.807) is 0 Å². The summed E-state index contributed by atoms with van der Waals surface area (Å²) < 4.78 is 11.7. The predicted octanol–water partition coefficient (Wildman–Crippen LogP) is 7.24. The zero-order valence-electron chi connectivity index (χ0n) is 23.1. The highest BCUT2D eigenvalue weighted by atomic mass is 16.6. The van der Waals surface area contributed by atoms with Gasteiger partial charge in [-0.2, -0.15) is 0 Å². The maximum absolute atomic E-state index is 12.9. The number of carbonyl (C=O) groups is 1. The predicted molar refractivity (Wildman–Crippen MR) is 142 cm³/mol. The fourth-order valence-corrected chi connectivity index (χ4v) is 9.35. The van der Waals surface area contributed by atoms with Crippen LogP contribution >= 0.6 is 0 Å². The van der Waals surface area contributed by atoms with Gasteiger partial charge in [-0.15, -0.1) is 0 Å². The summed E-state index contributed by atoms with van der Waals surface area (Å²) in [7, 11) is 0. The van der Waals surface area contributed by atoms with Gasteiger partial charge >= 0.3 is 0 Å². The van der Waals surface area contributed by atoms with Gasteiger partial charge in [-0.05, 0) is 105 Å². The molecular weight excluding hydrogens is 448 g/mol. The highest BCUT2D eigenvalue weighted by molar-refractivity contribution is 5.83. The number of rotatable bonds is 7. The molecule has 0 bridgehead atoms. The lowest BCUT2D eigenvalue weighted by molar-refractivity contribution is -0.231. The number of aliphatic hydroxyl groups is 1. The van der Waals surface area contributed by atoms with Gasteiger partial charge in [-0.25, -0.2) is 0 Å². The molecule has 0 heterocycles. The molecule has 1 aromatic carbocycles. The van der Waals surface area contributed by atoms with Crippen molar-refractivity contribution >= 4 is 5.78 Å². The fraction of sp³-hybridized carbons (Fsp3) is 0.719. The Morgan fingerprint density at radius 2 is 1.75 bits per heavy atom. The SMILES string of the molecule is CCOc1ccc(CO[C@]2(O)CC[C@@]3(C)C(=CC[C@@H]4[C@@H]3CC[C@@]3(C)[C@H]4CC[C@]3(CC)C(C)=O)C2)cc1. The minimum atomic E-state index is -1.10. The Hall–Kier alpha value is -1.65. The highest BCUT2D eigenvalue weighted by Gasteiger charge is 2.65. The maximum Gasteiger partial charge on any atom is 0.169 e. The zero-order valence-corrected chi connectivity index (χ0v) is 23.1. The van der Waals surface area contributed by atoms with Gasteiger partial charge in [0.05, 0.1) is 13.2 Å². The van der Waals surface area contributed by atoms with Crippen LogP contribution in [0, 0.1) is 34.0 Å². The van der Waals surface area contributed by atoms with Gasteiger partial charge in [0.15, 0.2) is 5.79 Å². The van der Waals surface area contributed by atoms with Gasteiger partial charge in [0, 0.05) is 18.3 Å². The highest BCUT2D eigenvalue weighted by Crippen LogP contribution is 2.70. The number of hydrogen-bond acceptors (Lipinski definition) is 4. The van der Waals surface area contributed by atoms with Crippen LogP contribution in [0.15, 0.2) is 35.9 Å². The van der Waals surface area contributed by atoms with E-state index in [4.69, 9.17) is 9.47 Å². The van der Waals surface area contributed by atoms with Gasteiger partial charge < -0.3 is 14.6 Å².